The van der Waals surface area contributed by atoms with Crippen LogP contribution in [0.4, 0.5) is 0 Å². The van der Waals surface area contributed by atoms with Gasteiger partial charge in [-0.15, -0.1) is 0 Å². The highest BCUT2D eigenvalue weighted by atomic mass is 15.2. The predicted octanol–water partition coefficient (Wildman–Crippen LogP) is 15.6. The molecule has 13 rings (SSSR count). The summed E-state index contributed by atoms with van der Waals surface area (Å²) in [5.74, 6) is 1.75. The van der Waals surface area contributed by atoms with Crippen LogP contribution in [0, 0.1) is 0 Å². The summed E-state index contributed by atoms with van der Waals surface area (Å²) in [4.78, 5) is 16.0. The smallest absolute Gasteiger partial charge is 0.238 e. The molecular weight excluding hydrogens is 803 g/mol. The average molecular weight is 842 g/mol. The van der Waals surface area contributed by atoms with E-state index in [0.717, 1.165) is 71.9 Å². The maximum absolute atomic E-state index is 5.39. The maximum atomic E-state index is 5.39. The van der Waals surface area contributed by atoms with Gasteiger partial charge in [0.15, 0.2) is 11.6 Å². The second kappa shape index (κ2) is 15.4. The lowest BCUT2D eigenvalue weighted by Crippen LogP contribution is -2.06. The average Bonchev–Trinajstić information content (AvgIpc) is 3.92. The van der Waals surface area contributed by atoms with E-state index in [0.29, 0.717) is 17.6 Å². The summed E-state index contributed by atoms with van der Waals surface area (Å²) in [6.07, 6.45) is 0. The zero-order valence-corrected chi connectivity index (χ0v) is 35.8. The van der Waals surface area contributed by atoms with Crippen molar-refractivity contribution in [3.05, 3.63) is 237 Å². The Balaban J connectivity index is 1.01. The van der Waals surface area contributed by atoms with E-state index in [2.05, 4.69) is 234 Å². The van der Waals surface area contributed by atoms with Crippen molar-refractivity contribution < 1.29 is 0 Å². The molecule has 0 amide bonds. The predicted molar refractivity (Wildman–Crippen MR) is 273 cm³/mol. The lowest BCUT2D eigenvalue weighted by atomic mass is 9.99. The summed E-state index contributed by atoms with van der Waals surface area (Å²) in [6.45, 7) is 0. The van der Waals surface area contributed by atoms with Crippen LogP contribution >= 0.6 is 0 Å². The molecule has 3 aromatic heterocycles. The Kier molecular flexibility index (Phi) is 8.78. The van der Waals surface area contributed by atoms with E-state index in [4.69, 9.17) is 15.0 Å². The number of rotatable bonds is 7. The first-order valence-corrected chi connectivity index (χ1v) is 22.3. The van der Waals surface area contributed by atoms with Gasteiger partial charge in [-0.3, -0.25) is 4.57 Å². The molecule has 0 aliphatic rings. The largest absolute Gasteiger partial charge is 0.309 e. The minimum Gasteiger partial charge on any atom is -0.309 e. The topological polar surface area (TPSA) is 48.5 Å². The molecular formula is C61H39N5. The van der Waals surface area contributed by atoms with Gasteiger partial charge in [-0.05, 0) is 74.5 Å². The highest BCUT2D eigenvalue weighted by molar-refractivity contribution is 6.21. The van der Waals surface area contributed by atoms with Crippen molar-refractivity contribution >= 4 is 54.4 Å². The van der Waals surface area contributed by atoms with Gasteiger partial charge in [-0.2, -0.15) is 9.97 Å². The first-order valence-electron chi connectivity index (χ1n) is 22.3. The van der Waals surface area contributed by atoms with E-state index >= 15 is 0 Å². The van der Waals surface area contributed by atoms with Crippen LogP contribution in [0.1, 0.15) is 0 Å². The van der Waals surface area contributed by atoms with E-state index in [1.165, 1.54) is 32.7 Å². The number of fused-ring (bicyclic) bond motifs is 8. The van der Waals surface area contributed by atoms with Crippen LogP contribution in [0.15, 0.2) is 237 Å². The van der Waals surface area contributed by atoms with E-state index in [1.807, 2.05) is 12.1 Å². The van der Waals surface area contributed by atoms with Crippen molar-refractivity contribution in [2.75, 3.05) is 0 Å². The lowest BCUT2D eigenvalue weighted by molar-refractivity contribution is 0.953. The van der Waals surface area contributed by atoms with Crippen LogP contribution in [-0.2, 0) is 0 Å². The fraction of sp³-hybridized carbons (Fsp3) is 0. The van der Waals surface area contributed by atoms with Gasteiger partial charge in [-0.25, -0.2) is 4.98 Å². The second-order valence-electron chi connectivity index (χ2n) is 16.8. The van der Waals surface area contributed by atoms with Gasteiger partial charge >= 0.3 is 0 Å². The number of benzene rings is 10. The third kappa shape index (κ3) is 6.28. The third-order valence-corrected chi connectivity index (χ3v) is 13.0. The molecule has 10 aromatic carbocycles. The third-order valence-electron chi connectivity index (χ3n) is 13.0. The Morgan fingerprint density at radius 1 is 0.258 bits per heavy atom. The zero-order chi connectivity index (χ0) is 43.6. The number of para-hydroxylation sites is 2. The molecule has 0 spiro atoms. The molecule has 66 heavy (non-hydrogen) atoms. The van der Waals surface area contributed by atoms with E-state index < -0.39 is 0 Å². The molecule has 0 aliphatic heterocycles. The van der Waals surface area contributed by atoms with Crippen molar-refractivity contribution in [3.8, 4) is 67.8 Å². The molecule has 0 saturated carbocycles. The van der Waals surface area contributed by atoms with Crippen LogP contribution in [0.2, 0.25) is 0 Å². The molecule has 13 aromatic rings. The summed E-state index contributed by atoms with van der Waals surface area (Å²) >= 11 is 0. The summed E-state index contributed by atoms with van der Waals surface area (Å²) in [5, 5.41) is 7.10. The van der Waals surface area contributed by atoms with Crippen LogP contribution in [0.5, 0.6) is 0 Å². The van der Waals surface area contributed by atoms with Gasteiger partial charge in [0.25, 0.3) is 0 Å². The van der Waals surface area contributed by atoms with Crippen molar-refractivity contribution in [2.45, 2.75) is 0 Å². The van der Waals surface area contributed by atoms with E-state index in [-0.39, 0.29) is 0 Å². The highest BCUT2D eigenvalue weighted by Crippen LogP contribution is 2.40. The number of hydrogen-bond donors (Lipinski definition) is 0. The Morgan fingerprint density at radius 2 is 0.697 bits per heavy atom. The Bertz CT molecular complexity index is 3890. The first-order chi connectivity index (χ1) is 32.7. The van der Waals surface area contributed by atoms with Gasteiger partial charge in [0, 0.05) is 38.4 Å². The van der Waals surface area contributed by atoms with Crippen molar-refractivity contribution in [2.24, 2.45) is 0 Å². The molecule has 0 bridgehead atoms. The molecule has 5 heteroatoms. The van der Waals surface area contributed by atoms with E-state index in [9.17, 15) is 0 Å². The first kappa shape index (κ1) is 37.6. The normalized spacial score (nSPS) is 11.6. The summed E-state index contributed by atoms with van der Waals surface area (Å²) in [6, 6.07) is 84.0. The quantitative estimate of drug-likeness (QED) is 0.161. The number of nitrogens with zero attached hydrogens (tertiary/aromatic N) is 5. The SMILES string of the molecule is c1ccc(-c2ccc(-c3ccc(-c4nc(-c5ccc(-c6ccccc6)cc5)nc(-n5c6cc(-n7c8ccccc8c8ccccc87)ccc6c6c7ccccc7ccc65)n4)cc3)cc2)cc1. The van der Waals surface area contributed by atoms with Crippen molar-refractivity contribution in [3.63, 3.8) is 0 Å². The minimum absolute atomic E-state index is 0.553. The molecule has 0 unspecified atom stereocenters. The van der Waals surface area contributed by atoms with Gasteiger partial charge in [0.05, 0.1) is 22.1 Å². The van der Waals surface area contributed by atoms with Crippen LogP contribution in [0.3, 0.4) is 0 Å². The molecule has 0 aliphatic carbocycles. The number of aromatic nitrogens is 5. The Morgan fingerprint density at radius 3 is 1.23 bits per heavy atom. The van der Waals surface area contributed by atoms with Crippen LogP contribution in [0.25, 0.3) is 122 Å². The molecule has 0 fully saturated rings. The highest BCUT2D eigenvalue weighted by Gasteiger charge is 2.21. The second-order valence-corrected chi connectivity index (χ2v) is 16.8. The van der Waals surface area contributed by atoms with Crippen molar-refractivity contribution in [1.29, 1.82) is 0 Å². The zero-order valence-electron chi connectivity index (χ0n) is 35.8. The molecule has 5 nitrogen and oxygen atoms in total. The molecule has 0 atom stereocenters. The summed E-state index contributed by atoms with van der Waals surface area (Å²) < 4.78 is 4.61. The Hall–Kier alpha value is -8.93. The lowest BCUT2D eigenvalue weighted by Gasteiger charge is -2.13. The molecule has 0 N–H and O–H groups in total. The monoisotopic (exact) mass is 841 g/mol. The van der Waals surface area contributed by atoms with Gasteiger partial charge in [0.2, 0.25) is 5.95 Å². The van der Waals surface area contributed by atoms with E-state index in [1.54, 1.807) is 0 Å². The van der Waals surface area contributed by atoms with Crippen LogP contribution in [-0.4, -0.2) is 24.1 Å². The standard InChI is InChI=1S/C61H39N5/c1-3-13-40(14-4-1)42-23-25-44(26-24-42)45-29-33-48(34-30-45)60-62-59(47-31-27-43(28-32-47)41-15-5-2-6-16-41)63-61(64-60)66-56-38-35-46-17-7-8-18-50(46)58(56)53-37-36-49(39-57(53)66)65-54-21-11-9-19-51(54)52-20-10-12-22-55(52)65/h1-39H. The van der Waals surface area contributed by atoms with Crippen LogP contribution < -0.4 is 0 Å². The molecule has 308 valence electrons. The molecule has 3 heterocycles. The fourth-order valence-corrected chi connectivity index (χ4v) is 9.79. The summed E-state index contributed by atoms with van der Waals surface area (Å²) in [5.41, 5.74) is 14.2. The number of hydrogen-bond acceptors (Lipinski definition) is 3. The minimum atomic E-state index is 0.553. The maximum Gasteiger partial charge on any atom is 0.238 e. The molecule has 0 saturated heterocycles. The van der Waals surface area contributed by atoms with Gasteiger partial charge in [-0.1, -0.05) is 206 Å². The fourth-order valence-electron chi connectivity index (χ4n) is 9.79. The van der Waals surface area contributed by atoms with Gasteiger partial charge in [0.1, 0.15) is 0 Å². The molecule has 0 radical (unpaired) electrons. The van der Waals surface area contributed by atoms with Crippen molar-refractivity contribution in [1.82, 2.24) is 24.1 Å². The van der Waals surface area contributed by atoms with Gasteiger partial charge < -0.3 is 4.57 Å². The Labute approximate surface area is 381 Å². The summed E-state index contributed by atoms with van der Waals surface area (Å²) in [7, 11) is 0.